The summed E-state index contributed by atoms with van der Waals surface area (Å²) in [5.41, 5.74) is 0. The van der Waals surface area contributed by atoms with E-state index in [1.54, 1.807) is 0 Å². The van der Waals surface area contributed by atoms with E-state index in [4.69, 9.17) is 4.74 Å². The molecule has 0 radical (unpaired) electrons. The summed E-state index contributed by atoms with van der Waals surface area (Å²) in [5, 5.41) is 0. The van der Waals surface area contributed by atoms with Crippen LogP contribution in [0.5, 0.6) is 0 Å². The van der Waals surface area contributed by atoms with Crippen LogP contribution in [0.3, 0.4) is 0 Å². The van der Waals surface area contributed by atoms with E-state index in [9.17, 15) is 18.0 Å². The summed E-state index contributed by atoms with van der Waals surface area (Å²) in [5.74, 6) is -0.543. The minimum atomic E-state index is -4.32. The zero-order valence-corrected chi connectivity index (χ0v) is 9.17. The van der Waals surface area contributed by atoms with Crippen molar-refractivity contribution in [2.45, 2.75) is 25.6 Å². The second-order valence-corrected chi connectivity index (χ2v) is 3.07. The van der Waals surface area contributed by atoms with Gasteiger partial charge in [-0.2, -0.15) is 13.2 Å². The van der Waals surface area contributed by atoms with E-state index in [0.717, 1.165) is 0 Å². The molecule has 0 aliphatic rings. The monoisotopic (exact) mass is 244 g/mol. The summed E-state index contributed by atoms with van der Waals surface area (Å²) in [6.07, 6.45) is -4.77. The first kappa shape index (κ1) is 15.2. The topological polar surface area (TPSA) is 44.8 Å². The standard InChI is InChI=1S/C9H15F3O4/c1-7(14-2)8(13)16-5-3-4-15-6-9(10,11)12/h7H,3-6H2,1-2H3. The lowest BCUT2D eigenvalue weighted by atomic mass is 10.4. The molecule has 0 saturated heterocycles. The number of esters is 1. The third-order valence-electron chi connectivity index (χ3n) is 1.63. The molecule has 0 N–H and O–H groups in total. The van der Waals surface area contributed by atoms with Crippen LogP contribution in [0.2, 0.25) is 0 Å². The summed E-state index contributed by atoms with van der Waals surface area (Å²) in [4.78, 5) is 11.0. The average Bonchev–Trinajstić information content (AvgIpc) is 2.20. The molecule has 0 aromatic carbocycles. The zero-order valence-electron chi connectivity index (χ0n) is 9.17. The molecule has 0 heterocycles. The van der Waals surface area contributed by atoms with Crippen molar-refractivity contribution in [1.82, 2.24) is 0 Å². The summed E-state index contributed by atoms with van der Waals surface area (Å²) < 4.78 is 48.6. The molecule has 0 bridgehead atoms. The molecule has 0 spiro atoms. The van der Waals surface area contributed by atoms with E-state index >= 15 is 0 Å². The van der Waals surface area contributed by atoms with Gasteiger partial charge in [-0.15, -0.1) is 0 Å². The van der Waals surface area contributed by atoms with Crippen LogP contribution >= 0.6 is 0 Å². The van der Waals surface area contributed by atoms with Crippen molar-refractivity contribution in [2.24, 2.45) is 0 Å². The number of carbonyl (C=O) groups is 1. The van der Waals surface area contributed by atoms with Crippen molar-refractivity contribution in [1.29, 1.82) is 0 Å². The van der Waals surface area contributed by atoms with Crippen molar-refractivity contribution in [2.75, 3.05) is 26.9 Å². The van der Waals surface area contributed by atoms with Crippen LogP contribution in [0, 0.1) is 0 Å². The van der Waals surface area contributed by atoms with Crippen molar-refractivity contribution >= 4 is 5.97 Å². The molecule has 0 fully saturated rings. The Morgan fingerprint density at radius 1 is 1.31 bits per heavy atom. The van der Waals surface area contributed by atoms with Crippen molar-refractivity contribution in [3.63, 3.8) is 0 Å². The Balaban J connectivity index is 3.37. The second kappa shape index (κ2) is 7.45. The Bertz CT molecular complexity index is 205. The molecular weight excluding hydrogens is 229 g/mol. The molecular formula is C9H15F3O4. The molecule has 16 heavy (non-hydrogen) atoms. The predicted octanol–water partition coefficient (Wildman–Crippen LogP) is 1.53. The lowest BCUT2D eigenvalue weighted by Crippen LogP contribution is -2.23. The van der Waals surface area contributed by atoms with Crippen LogP contribution in [-0.4, -0.2) is 45.2 Å². The summed E-state index contributed by atoms with van der Waals surface area (Å²) in [6, 6.07) is 0. The maximum absolute atomic E-state index is 11.6. The molecule has 96 valence electrons. The number of methoxy groups -OCH3 is 1. The number of carbonyl (C=O) groups excluding carboxylic acids is 1. The SMILES string of the molecule is COC(C)C(=O)OCCCOCC(F)(F)F. The van der Waals surface area contributed by atoms with Gasteiger partial charge < -0.3 is 14.2 Å². The zero-order chi connectivity index (χ0) is 12.6. The van der Waals surface area contributed by atoms with Gasteiger partial charge in [-0.25, -0.2) is 4.79 Å². The quantitative estimate of drug-likeness (QED) is 0.503. The maximum Gasteiger partial charge on any atom is 0.411 e. The van der Waals surface area contributed by atoms with E-state index in [0.29, 0.717) is 0 Å². The van der Waals surface area contributed by atoms with Crippen molar-refractivity contribution < 1.29 is 32.2 Å². The van der Waals surface area contributed by atoms with Crippen LogP contribution < -0.4 is 0 Å². The summed E-state index contributed by atoms with van der Waals surface area (Å²) in [7, 11) is 1.36. The number of hydrogen-bond donors (Lipinski definition) is 0. The van der Waals surface area contributed by atoms with Gasteiger partial charge in [0.15, 0.2) is 6.10 Å². The third-order valence-corrected chi connectivity index (χ3v) is 1.63. The van der Waals surface area contributed by atoms with E-state index in [-0.39, 0.29) is 19.6 Å². The largest absolute Gasteiger partial charge is 0.464 e. The number of alkyl halides is 3. The van der Waals surface area contributed by atoms with Gasteiger partial charge in [0.2, 0.25) is 0 Å². The van der Waals surface area contributed by atoms with Gasteiger partial charge >= 0.3 is 12.1 Å². The van der Waals surface area contributed by atoms with Crippen molar-refractivity contribution in [3.05, 3.63) is 0 Å². The van der Waals surface area contributed by atoms with Crippen LogP contribution in [0.15, 0.2) is 0 Å². The smallest absolute Gasteiger partial charge is 0.411 e. The lowest BCUT2D eigenvalue weighted by Gasteiger charge is -2.10. The normalized spacial score (nSPS) is 13.6. The fourth-order valence-electron chi connectivity index (χ4n) is 0.735. The highest BCUT2D eigenvalue weighted by atomic mass is 19.4. The van der Waals surface area contributed by atoms with E-state index in [1.807, 2.05) is 0 Å². The van der Waals surface area contributed by atoms with Crippen LogP contribution in [0.4, 0.5) is 13.2 Å². The van der Waals surface area contributed by atoms with Gasteiger partial charge in [0.1, 0.15) is 6.61 Å². The van der Waals surface area contributed by atoms with Gasteiger partial charge in [-0.3, -0.25) is 0 Å². The molecule has 0 aliphatic heterocycles. The first-order valence-corrected chi connectivity index (χ1v) is 4.70. The number of ether oxygens (including phenoxy) is 3. The summed E-state index contributed by atoms with van der Waals surface area (Å²) in [6.45, 7) is 0.149. The van der Waals surface area contributed by atoms with Gasteiger partial charge in [-0.05, 0) is 6.92 Å². The predicted molar refractivity (Wildman–Crippen MR) is 48.9 cm³/mol. The van der Waals surface area contributed by atoms with E-state index in [2.05, 4.69) is 9.47 Å². The first-order valence-electron chi connectivity index (χ1n) is 4.70. The molecule has 0 rings (SSSR count). The Kier molecular flexibility index (Phi) is 7.07. The van der Waals surface area contributed by atoms with Crippen LogP contribution in [0.25, 0.3) is 0 Å². The minimum absolute atomic E-state index is 0.0182. The summed E-state index contributed by atoms with van der Waals surface area (Å²) >= 11 is 0. The molecule has 7 heteroatoms. The Morgan fingerprint density at radius 3 is 2.44 bits per heavy atom. The van der Waals surface area contributed by atoms with Crippen molar-refractivity contribution in [3.8, 4) is 0 Å². The molecule has 1 atom stereocenters. The Morgan fingerprint density at radius 2 is 1.94 bits per heavy atom. The van der Waals surface area contributed by atoms with E-state index in [1.165, 1.54) is 14.0 Å². The molecule has 0 aromatic heterocycles. The third kappa shape index (κ3) is 8.49. The fourth-order valence-corrected chi connectivity index (χ4v) is 0.735. The fraction of sp³-hybridized carbons (Fsp3) is 0.889. The Labute approximate surface area is 91.7 Å². The van der Waals surface area contributed by atoms with Crippen LogP contribution in [0.1, 0.15) is 13.3 Å². The van der Waals surface area contributed by atoms with Gasteiger partial charge in [0.05, 0.1) is 13.2 Å². The molecule has 0 amide bonds. The highest BCUT2D eigenvalue weighted by Crippen LogP contribution is 2.14. The number of halogens is 3. The molecule has 0 aliphatic carbocycles. The molecule has 0 aromatic rings. The van der Waals surface area contributed by atoms with Gasteiger partial charge in [-0.1, -0.05) is 0 Å². The first-order chi connectivity index (χ1) is 7.37. The second-order valence-electron chi connectivity index (χ2n) is 3.07. The van der Waals surface area contributed by atoms with Gasteiger partial charge in [0, 0.05) is 13.5 Å². The molecule has 4 nitrogen and oxygen atoms in total. The van der Waals surface area contributed by atoms with E-state index < -0.39 is 24.9 Å². The molecule has 0 saturated carbocycles. The highest BCUT2D eigenvalue weighted by Gasteiger charge is 2.27. The number of hydrogen-bond acceptors (Lipinski definition) is 4. The lowest BCUT2D eigenvalue weighted by molar-refractivity contribution is -0.175. The number of rotatable bonds is 7. The molecule has 1 unspecified atom stereocenters. The minimum Gasteiger partial charge on any atom is -0.464 e. The maximum atomic E-state index is 11.6. The highest BCUT2D eigenvalue weighted by molar-refractivity contribution is 5.74. The van der Waals surface area contributed by atoms with Crippen LogP contribution in [-0.2, 0) is 19.0 Å². The Hall–Kier alpha value is -0.820. The average molecular weight is 244 g/mol. The van der Waals surface area contributed by atoms with Gasteiger partial charge in [0.25, 0.3) is 0 Å².